The van der Waals surface area contributed by atoms with E-state index < -0.39 is 0 Å². The highest BCUT2D eigenvalue weighted by Crippen LogP contribution is 2.28. The van der Waals surface area contributed by atoms with Crippen molar-refractivity contribution in [2.75, 3.05) is 13.2 Å². The Hall–Kier alpha value is -1.09. The van der Waals surface area contributed by atoms with E-state index in [1.54, 1.807) is 0 Å². The van der Waals surface area contributed by atoms with Crippen molar-refractivity contribution in [3.63, 3.8) is 0 Å². The Morgan fingerprint density at radius 2 is 2.29 bits per heavy atom. The molecule has 0 amide bonds. The third-order valence-corrected chi connectivity index (χ3v) is 2.79. The first-order chi connectivity index (χ1) is 6.77. The molecule has 0 aromatic carbocycles. The maximum absolute atomic E-state index is 5.33. The highest BCUT2D eigenvalue weighted by Gasteiger charge is 2.18. The zero-order valence-corrected chi connectivity index (χ0v) is 8.57. The summed E-state index contributed by atoms with van der Waals surface area (Å²) < 4.78 is 7.15. The smallest absolute Gasteiger partial charge is 0.0564 e. The number of hydrogen-bond acceptors (Lipinski definition) is 2. The fourth-order valence-corrected chi connectivity index (χ4v) is 1.87. The molecule has 1 aromatic rings. The predicted molar refractivity (Wildman–Crippen MR) is 55.8 cm³/mol. The molecule has 0 N–H and O–H groups in total. The van der Waals surface area contributed by atoms with Crippen molar-refractivity contribution >= 4 is 5.57 Å². The molecule has 0 atom stereocenters. The number of hydrogen-bond donors (Lipinski definition) is 0. The van der Waals surface area contributed by atoms with Crippen LogP contribution in [-0.4, -0.2) is 23.0 Å². The van der Waals surface area contributed by atoms with Gasteiger partial charge in [0.2, 0.25) is 0 Å². The SMILES string of the molecule is C=C(c1cnn(C)c1)C1CCOCC1. The van der Waals surface area contributed by atoms with Crippen LogP contribution in [0, 0.1) is 5.92 Å². The summed E-state index contributed by atoms with van der Waals surface area (Å²) in [5.74, 6) is 0.577. The van der Waals surface area contributed by atoms with Crippen molar-refractivity contribution < 1.29 is 4.74 Å². The first-order valence-electron chi connectivity index (χ1n) is 5.03. The molecule has 0 aliphatic carbocycles. The highest BCUT2D eigenvalue weighted by molar-refractivity contribution is 5.64. The van der Waals surface area contributed by atoms with Crippen molar-refractivity contribution in [3.05, 3.63) is 24.5 Å². The summed E-state index contributed by atoms with van der Waals surface area (Å²) in [5.41, 5.74) is 2.38. The van der Waals surface area contributed by atoms with Crippen LogP contribution in [0.3, 0.4) is 0 Å². The molecule has 0 spiro atoms. The van der Waals surface area contributed by atoms with E-state index in [1.807, 2.05) is 24.1 Å². The van der Waals surface area contributed by atoms with Crippen LogP contribution in [0.4, 0.5) is 0 Å². The van der Waals surface area contributed by atoms with Gasteiger partial charge in [0, 0.05) is 32.0 Å². The summed E-state index contributed by atoms with van der Waals surface area (Å²) >= 11 is 0. The molecule has 1 aliphatic heterocycles. The molecule has 3 nitrogen and oxygen atoms in total. The minimum Gasteiger partial charge on any atom is -0.381 e. The fraction of sp³-hybridized carbons (Fsp3) is 0.545. The number of allylic oxidation sites excluding steroid dienone is 1. The van der Waals surface area contributed by atoms with E-state index in [0.29, 0.717) is 5.92 Å². The summed E-state index contributed by atoms with van der Waals surface area (Å²) in [6.45, 7) is 5.88. The average Bonchev–Trinajstić information content (AvgIpc) is 2.65. The quantitative estimate of drug-likeness (QED) is 0.715. The van der Waals surface area contributed by atoms with Gasteiger partial charge in [0.1, 0.15) is 0 Å². The Labute approximate surface area is 84.4 Å². The van der Waals surface area contributed by atoms with Crippen LogP contribution in [0.25, 0.3) is 5.57 Å². The van der Waals surface area contributed by atoms with Gasteiger partial charge in [-0.05, 0) is 24.3 Å². The maximum Gasteiger partial charge on any atom is 0.0564 e. The van der Waals surface area contributed by atoms with Gasteiger partial charge in [0.05, 0.1) is 6.20 Å². The lowest BCUT2D eigenvalue weighted by Gasteiger charge is -2.23. The van der Waals surface area contributed by atoms with Gasteiger partial charge < -0.3 is 4.74 Å². The van der Waals surface area contributed by atoms with Crippen LogP contribution < -0.4 is 0 Å². The van der Waals surface area contributed by atoms with E-state index >= 15 is 0 Å². The lowest BCUT2D eigenvalue weighted by Crippen LogP contribution is -2.16. The lowest BCUT2D eigenvalue weighted by atomic mass is 9.89. The predicted octanol–water partition coefficient (Wildman–Crippen LogP) is 1.86. The molecule has 0 bridgehead atoms. The summed E-state index contributed by atoms with van der Waals surface area (Å²) in [6, 6.07) is 0. The number of nitrogens with zero attached hydrogens (tertiary/aromatic N) is 2. The van der Waals surface area contributed by atoms with Crippen molar-refractivity contribution in [2.45, 2.75) is 12.8 Å². The minimum absolute atomic E-state index is 0.577. The summed E-state index contributed by atoms with van der Waals surface area (Å²) in [5, 5.41) is 4.16. The molecule has 14 heavy (non-hydrogen) atoms. The van der Waals surface area contributed by atoms with Crippen LogP contribution in [0.5, 0.6) is 0 Å². The van der Waals surface area contributed by atoms with Crippen molar-refractivity contribution in [1.82, 2.24) is 9.78 Å². The monoisotopic (exact) mass is 192 g/mol. The molecule has 1 fully saturated rings. The Morgan fingerprint density at radius 1 is 1.57 bits per heavy atom. The van der Waals surface area contributed by atoms with Gasteiger partial charge in [0.25, 0.3) is 0 Å². The molecule has 3 heteroatoms. The van der Waals surface area contributed by atoms with Gasteiger partial charge >= 0.3 is 0 Å². The molecular formula is C11H16N2O. The van der Waals surface area contributed by atoms with Crippen molar-refractivity contribution in [3.8, 4) is 0 Å². The van der Waals surface area contributed by atoms with E-state index in [0.717, 1.165) is 26.1 Å². The second kappa shape index (κ2) is 3.96. The summed E-state index contributed by atoms with van der Waals surface area (Å²) in [6.07, 6.45) is 6.09. The van der Waals surface area contributed by atoms with E-state index in [1.165, 1.54) is 11.1 Å². The first-order valence-corrected chi connectivity index (χ1v) is 5.03. The van der Waals surface area contributed by atoms with Gasteiger partial charge in [-0.2, -0.15) is 5.10 Å². The molecule has 2 heterocycles. The standard InChI is InChI=1S/C11H16N2O/c1-9(10-3-5-14-6-4-10)11-7-12-13(2)8-11/h7-8,10H,1,3-6H2,2H3. The lowest BCUT2D eigenvalue weighted by molar-refractivity contribution is 0.0808. The number of aryl methyl sites for hydroxylation is 1. The van der Waals surface area contributed by atoms with Crippen LogP contribution in [0.1, 0.15) is 18.4 Å². The van der Waals surface area contributed by atoms with Crippen molar-refractivity contribution in [1.29, 1.82) is 0 Å². The summed E-state index contributed by atoms with van der Waals surface area (Å²) in [7, 11) is 1.93. The van der Waals surface area contributed by atoms with Gasteiger partial charge in [-0.3, -0.25) is 4.68 Å². The zero-order chi connectivity index (χ0) is 9.97. The van der Waals surface area contributed by atoms with Gasteiger partial charge in [-0.25, -0.2) is 0 Å². The Balaban J connectivity index is 2.07. The fourth-order valence-electron chi connectivity index (χ4n) is 1.87. The molecule has 0 saturated carbocycles. The van der Waals surface area contributed by atoms with Crippen LogP contribution >= 0.6 is 0 Å². The second-order valence-corrected chi connectivity index (χ2v) is 3.81. The minimum atomic E-state index is 0.577. The Morgan fingerprint density at radius 3 is 2.86 bits per heavy atom. The van der Waals surface area contributed by atoms with E-state index in [-0.39, 0.29) is 0 Å². The molecular weight excluding hydrogens is 176 g/mol. The molecule has 0 unspecified atom stereocenters. The normalized spacial score (nSPS) is 18.4. The number of rotatable bonds is 2. The Kier molecular flexibility index (Phi) is 2.68. The number of ether oxygens (including phenoxy) is 1. The second-order valence-electron chi connectivity index (χ2n) is 3.81. The summed E-state index contributed by atoms with van der Waals surface area (Å²) in [4.78, 5) is 0. The van der Waals surface area contributed by atoms with Crippen LogP contribution in [0.15, 0.2) is 19.0 Å². The molecule has 76 valence electrons. The van der Waals surface area contributed by atoms with Crippen molar-refractivity contribution in [2.24, 2.45) is 13.0 Å². The van der Waals surface area contributed by atoms with Crippen LogP contribution in [-0.2, 0) is 11.8 Å². The molecule has 1 saturated heterocycles. The molecule has 1 aromatic heterocycles. The third kappa shape index (κ3) is 1.87. The van der Waals surface area contributed by atoms with E-state index in [2.05, 4.69) is 11.7 Å². The van der Waals surface area contributed by atoms with E-state index in [4.69, 9.17) is 4.74 Å². The number of aromatic nitrogens is 2. The molecule has 2 rings (SSSR count). The molecule has 0 radical (unpaired) electrons. The van der Waals surface area contributed by atoms with E-state index in [9.17, 15) is 0 Å². The average molecular weight is 192 g/mol. The highest BCUT2D eigenvalue weighted by atomic mass is 16.5. The zero-order valence-electron chi connectivity index (χ0n) is 8.57. The first kappa shape index (κ1) is 9.46. The van der Waals surface area contributed by atoms with Gasteiger partial charge in [0.15, 0.2) is 0 Å². The third-order valence-electron chi connectivity index (χ3n) is 2.79. The largest absolute Gasteiger partial charge is 0.381 e. The van der Waals surface area contributed by atoms with Gasteiger partial charge in [-0.1, -0.05) is 6.58 Å². The molecule has 1 aliphatic rings. The van der Waals surface area contributed by atoms with Crippen LogP contribution in [0.2, 0.25) is 0 Å². The van der Waals surface area contributed by atoms with Gasteiger partial charge in [-0.15, -0.1) is 0 Å². The Bertz CT molecular complexity index is 324. The topological polar surface area (TPSA) is 27.1 Å². The maximum atomic E-state index is 5.33.